The largest absolute Gasteiger partial charge is 0.503 e. The number of carbonyl (C=O) groups excluding carboxylic acids is 2. The maximum absolute atomic E-state index is 11.2. The van der Waals surface area contributed by atoms with Crippen LogP contribution in [0.1, 0.15) is 39.5 Å². The number of aliphatic hydroxyl groups excluding tert-OH is 1. The normalized spacial score (nSPS) is 16.5. The van der Waals surface area contributed by atoms with Gasteiger partial charge in [-0.2, -0.15) is 0 Å². The molecular formula is C11H17NO3. The molecule has 2 amide bonds. The van der Waals surface area contributed by atoms with Crippen LogP contribution < -0.4 is 5.32 Å². The van der Waals surface area contributed by atoms with Gasteiger partial charge in [-0.3, -0.25) is 14.9 Å². The van der Waals surface area contributed by atoms with Crippen molar-refractivity contribution in [3.8, 4) is 0 Å². The molecule has 0 atom stereocenters. The summed E-state index contributed by atoms with van der Waals surface area (Å²) in [5.74, 6) is -0.956. The summed E-state index contributed by atoms with van der Waals surface area (Å²) in [4.78, 5) is 22.2. The Kier molecular flexibility index (Phi) is 3.88. The van der Waals surface area contributed by atoms with Gasteiger partial charge in [0.05, 0.1) is 5.57 Å². The van der Waals surface area contributed by atoms with Gasteiger partial charge in [-0.25, -0.2) is 0 Å². The monoisotopic (exact) mass is 211 g/mol. The quantitative estimate of drug-likeness (QED) is 0.680. The van der Waals surface area contributed by atoms with Crippen molar-refractivity contribution in [3.63, 3.8) is 0 Å². The summed E-state index contributed by atoms with van der Waals surface area (Å²) in [7, 11) is 0. The minimum atomic E-state index is -0.667. The highest BCUT2D eigenvalue weighted by atomic mass is 16.3. The van der Waals surface area contributed by atoms with Crippen LogP contribution in [0, 0.1) is 5.92 Å². The van der Waals surface area contributed by atoms with Gasteiger partial charge in [0.2, 0.25) is 0 Å². The molecule has 4 heteroatoms. The van der Waals surface area contributed by atoms with Gasteiger partial charge in [0.1, 0.15) is 0 Å². The van der Waals surface area contributed by atoms with Gasteiger partial charge in [-0.15, -0.1) is 0 Å². The van der Waals surface area contributed by atoms with E-state index in [1.165, 1.54) is 0 Å². The second-order valence-electron chi connectivity index (χ2n) is 3.83. The number of nitrogens with one attached hydrogen (secondary N) is 1. The molecule has 0 saturated carbocycles. The summed E-state index contributed by atoms with van der Waals surface area (Å²) in [6.07, 6.45) is 3.43. The van der Waals surface area contributed by atoms with Crippen molar-refractivity contribution in [1.29, 1.82) is 0 Å². The van der Waals surface area contributed by atoms with Gasteiger partial charge in [0.15, 0.2) is 5.76 Å². The number of amides is 2. The molecule has 0 unspecified atom stereocenters. The first-order valence-corrected chi connectivity index (χ1v) is 5.37. The maximum atomic E-state index is 11.2. The Bertz CT molecular complexity index is 303. The van der Waals surface area contributed by atoms with Crippen LogP contribution in [0.4, 0.5) is 0 Å². The lowest BCUT2D eigenvalue weighted by Crippen LogP contribution is -2.23. The average molecular weight is 211 g/mol. The van der Waals surface area contributed by atoms with Crippen molar-refractivity contribution in [2.75, 3.05) is 0 Å². The van der Waals surface area contributed by atoms with E-state index in [1.54, 1.807) is 0 Å². The topological polar surface area (TPSA) is 66.4 Å². The van der Waals surface area contributed by atoms with E-state index in [4.69, 9.17) is 0 Å². The molecule has 1 aliphatic rings. The fourth-order valence-corrected chi connectivity index (χ4v) is 1.76. The first-order chi connectivity index (χ1) is 7.10. The standard InChI is InChI=1S/C11H17NO3/c1-3-7(4-2)5-6-8-9(13)11(15)12-10(8)14/h7H,3-6H2,1-2H3,(H2,12,13,14,15). The van der Waals surface area contributed by atoms with Crippen LogP contribution in [0.25, 0.3) is 0 Å². The van der Waals surface area contributed by atoms with Gasteiger partial charge in [0, 0.05) is 0 Å². The maximum Gasteiger partial charge on any atom is 0.293 e. The van der Waals surface area contributed by atoms with Gasteiger partial charge < -0.3 is 5.11 Å². The Labute approximate surface area is 89.4 Å². The van der Waals surface area contributed by atoms with Crippen LogP contribution in [-0.2, 0) is 9.59 Å². The zero-order valence-electron chi connectivity index (χ0n) is 9.17. The molecule has 1 rings (SSSR count). The highest BCUT2D eigenvalue weighted by Crippen LogP contribution is 2.22. The summed E-state index contributed by atoms with van der Waals surface area (Å²) < 4.78 is 0. The Morgan fingerprint density at radius 1 is 1.20 bits per heavy atom. The van der Waals surface area contributed by atoms with Crippen LogP contribution in [0.2, 0.25) is 0 Å². The van der Waals surface area contributed by atoms with Crippen molar-refractivity contribution in [1.82, 2.24) is 5.32 Å². The molecule has 0 fully saturated rings. The van der Waals surface area contributed by atoms with E-state index in [-0.39, 0.29) is 5.57 Å². The minimum Gasteiger partial charge on any atom is -0.503 e. The van der Waals surface area contributed by atoms with E-state index in [0.717, 1.165) is 19.3 Å². The van der Waals surface area contributed by atoms with E-state index in [2.05, 4.69) is 19.2 Å². The van der Waals surface area contributed by atoms with E-state index < -0.39 is 17.6 Å². The third-order valence-electron chi connectivity index (χ3n) is 2.96. The van der Waals surface area contributed by atoms with Crippen LogP contribution in [0.5, 0.6) is 0 Å². The molecular weight excluding hydrogens is 194 g/mol. The van der Waals surface area contributed by atoms with Gasteiger partial charge >= 0.3 is 0 Å². The smallest absolute Gasteiger partial charge is 0.293 e. The molecule has 1 aliphatic heterocycles. The van der Waals surface area contributed by atoms with Crippen molar-refractivity contribution in [2.45, 2.75) is 39.5 Å². The Balaban J connectivity index is 2.58. The molecule has 1 heterocycles. The summed E-state index contributed by atoms with van der Waals surface area (Å²) in [6.45, 7) is 4.20. The molecule has 0 spiro atoms. The van der Waals surface area contributed by atoms with E-state index in [9.17, 15) is 14.7 Å². The van der Waals surface area contributed by atoms with Crippen LogP contribution in [-0.4, -0.2) is 16.9 Å². The van der Waals surface area contributed by atoms with Crippen molar-refractivity contribution >= 4 is 11.8 Å². The highest BCUT2D eigenvalue weighted by molar-refractivity contribution is 6.18. The predicted molar refractivity (Wildman–Crippen MR) is 56.1 cm³/mol. The summed E-state index contributed by atoms with van der Waals surface area (Å²) in [5.41, 5.74) is 0.243. The zero-order chi connectivity index (χ0) is 11.4. The van der Waals surface area contributed by atoms with Gasteiger partial charge in [0.25, 0.3) is 11.8 Å². The van der Waals surface area contributed by atoms with Gasteiger partial charge in [-0.05, 0) is 18.8 Å². The third kappa shape index (κ3) is 2.58. The van der Waals surface area contributed by atoms with E-state index >= 15 is 0 Å². The highest BCUT2D eigenvalue weighted by Gasteiger charge is 2.29. The summed E-state index contributed by atoms with van der Waals surface area (Å²) in [6, 6.07) is 0. The lowest BCUT2D eigenvalue weighted by atomic mass is 9.95. The first kappa shape index (κ1) is 11.8. The predicted octanol–water partition coefficient (Wildman–Crippen LogP) is 1.67. The second kappa shape index (κ2) is 4.96. The Morgan fingerprint density at radius 3 is 2.20 bits per heavy atom. The molecule has 0 bridgehead atoms. The molecule has 0 aliphatic carbocycles. The number of carbonyl (C=O) groups is 2. The molecule has 0 saturated heterocycles. The average Bonchev–Trinajstić information content (AvgIpc) is 2.45. The Morgan fingerprint density at radius 2 is 1.80 bits per heavy atom. The molecule has 0 aromatic carbocycles. The van der Waals surface area contributed by atoms with Crippen LogP contribution in [0.15, 0.2) is 11.3 Å². The number of rotatable bonds is 5. The fourth-order valence-electron chi connectivity index (χ4n) is 1.76. The first-order valence-electron chi connectivity index (χ1n) is 5.37. The molecule has 0 aromatic heterocycles. The fraction of sp³-hybridized carbons (Fsp3) is 0.636. The Hall–Kier alpha value is -1.32. The number of hydrogen-bond donors (Lipinski definition) is 2. The number of aliphatic hydroxyl groups is 1. The van der Waals surface area contributed by atoms with Crippen molar-refractivity contribution < 1.29 is 14.7 Å². The summed E-state index contributed by atoms with van der Waals surface area (Å²) >= 11 is 0. The minimum absolute atomic E-state index is 0.243. The molecule has 0 aromatic rings. The van der Waals surface area contributed by atoms with Crippen LogP contribution in [0.3, 0.4) is 0 Å². The molecule has 0 radical (unpaired) electrons. The summed E-state index contributed by atoms with van der Waals surface area (Å²) in [5, 5.41) is 11.4. The lowest BCUT2D eigenvalue weighted by molar-refractivity contribution is -0.125. The second-order valence-corrected chi connectivity index (χ2v) is 3.83. The van der Waals surface area contributed by atoms with E-state index in [1.807, 2.05) is 0 Å². The molecule has 84 valence electrons. The third-order valence-corrected chi connectivity index (χ3v) is 2.96. The van der Waals surface area contributed by atoms with Crippen LogP contribution >= 0.6 is 0 Å². The SMILES string of the molecule is CCC(CC)CCC1=C(O)C(=O)NC1=O. The molecule has 4 nitrogen and oxygen atoms in total. The molecule has 2 N–H and O–H groups in total. The van der Waals surface area contributed by atoms with Crippen molar-refractivity contribution in [2.24, 2.45) is 5.92 Å². The van der Waals surface area contributed by atoms with Gasteiger partial charge in [-0.1, -0.05) is 26.7 Å². The molecule has 15 heavy (non-hydrogen) atoms. The number of imide groups is 1. The zero-order valence-corrected chi connectivity index (χ0v) is 9.17. The number of hydrogen-bond acceptors (Lipinski definition) is 3. The lowest BCUT2D eigenvalue weighted by Gasteiger charge is -2.11. The van der Waals surface area contributed by atoms with E-state index in [0.29, 0.717) is 12.3 Å². The van der Waals surface area contributed by atoms with Crippen molar-refractivity contribution in [3.05, 3.63) is 11.3 Å².